The van der Waals surface area contributed by atoms with Crippen molar-refractivity contribution in [1.29, 1.82) is 0 Å². The fourth-order valence-electron chi connectivity index (χ4n) is 0.453. The van der Waals surface area contributed by atoms with Crippen molar-refractivity contribution in [3.8, 4) is 0 Å². The summed E-state index contributed by atoms with van der Waals surface area (Å²) in [5.41, 5.74) is 6.18. The molecule has 0 aromatic heterocycles. The molecule has 0 heterocycles. The smallest absolute Gasteiger partial charge is 0.0313 e. The molecule has 0 fully saturated rings. The van der Waals surface area contributed by atoms with E-state index in [9.17, 15) is 0 Å². The second kappa shape index (κ2) is 3.68. The molecule has 1 rings (SSSR count). The van der Waals surface area contributed by atoms with Crippen molar-refractivity contribution in [2.24, 2.45) is 0 Å². The first kappa shape index (κ1) is 7.71. The van der Waals surface area contributed by atoms with Crippen LogP contribution in [0.1, 0.15) is 0 Å². The van der Waals surface area contributed by atoms with E-state index >= 15 is 0 Å². The first-order valence-electron chi connectivity index (χ1n) is 2.20. The summed E-state index contributed by atoms with van der Waals surface area (Å²) in [5, 5.41) is 0. The van der Waals surface area contributed by atoms with Gasteiger partial charge in [-0.3, -0.25) is 0 Å². The monoisotopic (exact) mass is 191 g/mol. The van der Waals surface area contributed by atoms with Crippen molar-refractivity contribution in [2.45, 2.75) is 0 Å². The van der Waals surface area contributed by atoms with Gasteiger partial charge in [0.15, 0.2) is 0 Å². The maximum absolute atomic E-state index is 5.36. The second-order valence-electron chi connectivity index (χ2n) is 1.41. The molecule has 1 aromatic carbocycles. The van der Waals surface area contributed by atoms with Gasteiger partial charge in [-0.05, 0) is 12.1 Å². The Hall–Kier alpha value is -0.292. The predicted molar refractivity (Wildman–Crippen MR) is 30.9 cm³/mol. The number of para-hydroxylation sites is 1. The molecule has 0 radical (unpaired) electrons. The van der Waals surface area contributed by atoms with Crippen LogP contribution >= 0.6 is 0 Å². The summed E-state index contributed by atoms with van der Waals surface area (Å²) in [6.07, 6.45) is 0. The van der Waals surface area contributed by atoms with Crippen molar-refractivity contribution in [3.05, 3.63) is 30.3 Å². The van der Waals surface area contributed by atoms with Gasteiger partial charge in [0.2, 0.25) is 0 Å². The molecule has 2 heteroatoms. The molecule has 2 N–H and O–H groups in total. The van der Waals surface area contributed by atoms with Crippen LogP contribution in [0, 0.1) is 0 Å². The Morgan fingerprint density at radius 1 is 1.00 bits per heavy atom. The summed E-state index contributed by atoms with van der Waals surface area (Å²) in [5.74, 6) is 0. The molecule has 1 aromatic rings. The number of benzene rings is 1. The van der Waals surface area contributed by atoms with E-state index in [2.05, 4.69) is 0 Å². The SMILES string of the molecule is Nc1ccccc1.[Mo]. The van der Waals surface area contributed by atoms with Crippen molar-refractivity contribution in [1.82, 2.24) is 0 Å². The Labute approximate surface area is 63.2 Å². The Balaban J connectivity index is 0.000000490. The third kappa shape index (κ3) is 2.13. The molecule has 0 aliphatic heterocycles. The summed E-state index contributed by atoms with van der Waals surface area (Å²) in [6.45, 7) is 0. The quantitative estimate of drug-likeness (QED) is 0.482. The minimum atomic E-state index is 0. The third-order valence-corrected chi connectivity index (χ3v) is 0.800. The molecular formula is C6H7MoN. The zero-order valence-corrected chi connectivity index (χ0v) is 6.38. The van der Waals surface area contributed by atoms with Crippen LogP contribution < -0.4 is 5.73 Å². The van der Waals surface area contributed by atoms with Gasteiger partial charge < -0.3 is 5.73 Å². The molecule has 0 amide bonds. The Bertz CT molecular complexity index is 138. The van der Waals surface area contributed by atoms with E-state index in [1.807, 2.05) is 30.3 Å². The molecular weight excluding hydrogens is 182 g/mol. The molecule has 0 atom stereocenters. The van der Waals surface area contributed by atoms with Crippen LogP contribution in [0.4, 0.5) is 5.69 Å². The molecule has 42 valence electrons. The van der Waals surface area contributed by atoms with Gasteiger partial charge in [0.05, 0.1) is 0 Å². The van der Waals surface area contributed by atoms with E-state index in [1.54, 1.807) is 0 Å². The fourth-order valence-corrected chi connectivity index (χ4v) is 0.453. The normalized spacial score (nSPS) is 7.50. The summed E-state index contributed by atoms with van der Waals surface area (Å²) in [7, 11) is 0. The van der Waals surface area contributed by atoms with Crippen molar-refractivity contribution >= 4 is 5.69 Å². The van der Waals surface area contributed by atoms with Gasteiger partial charge in [-0.15, -0.1) is 0 Å². The van der Waals surface area contributed by atoms with E-state index in [4.69, 9.17) is 5.73 Å². The van der Waals surface area contributed by atoms with Crippen molar-refractivity contribution in [2.75, 3.05) is 5.73 Å². The average Bonchev–Trinajstić information content (AvgIpc) is 1.69. The predicted octanol–water partition coefficient (Wildman–Crippen LogP) is 1.27. The summed E-state index contributed by atoms with van der Waals surface area (Å²) >= 11 is 0. The summed E-state index contributed by atoms with van der Waals surface area (Å²) < 4.78 is 0. The van der Waals surface area contributed by atoms with Crippen LogP contribution in [0.15, 0.2) is 30.3 Å². The van der Waals surface area contributed by atoms with Gasteiger partial charge in [-0.25, -0.2) is 0 Å². The third-order valence-electron chi connectivity index (χ3n) is 0.800. The maximum atomic E-state index is 5.36. The van der Waals surface area contributed by atoms with Crippen LogP contribution in [-0.4, -0.2) is 0 Å². The number of hydrogen-bond acceptors (Lipinski definition) is 1. The molecule has 0 saturated heterocycles. The first-order chi connectivity index (χ1) is 3.39. The minimum absolute atomic E-state index is 0. The van der Waals surface area contributed by atoms with Gasteiger partial charge in [-0.1, -0.05) is 18.2 Å². The summed E-state index contributed by atoms with van der Waals surface area (Å²) in [6, 6.07) is 9.49. The standard InChI is InChI=1S/C6H7N.Mo/c7-6-4-2-1-3-5-6;/h1-5H,7H2;. The zero-order valence-electron chi connectivity index (χ0n) is 4.37. The molecule has 0 aliphatic carbocycles. The van der Waals surface area contributed by atoms with Gasteiger partial charge in [0.25, 0.3) is 0 Å². The molecule has 8 heavy (non-hydrogen) atoms. The van der Waals surface area contributed by atoms with Crippen LogP contribution in [0.5, 0.6) is 0 Å². The molecule has 1 nitrogen and oxygen atoms in total. The number of rotatable bonds is 0. The van der Waals surface area contributed by atoms with Crippen LogP contribution in [0.3, 0.4) is 0 Å². The average molecular weight is 189 g/mol. The van der Waals surface area contributed by atoms with E-state index in [0.717, 1.165) is 5.69 Å². The van der Waals surface area contributed by atoms with Crippen LogP contribution in [0.25, 0.3) is 0 Å². The van der Waals surface area contributed by atoms with E-state index in [-0.39, 0.29) is 21.1 Å². The van der Waals surface area contributed by atoms with Gasteiger partial charge in [0, 0.05) is 26.8 Å². The fraction of sp³-hybridized carbons (Fsp3) is 0. The Morgan fingerprint density at radius 2 is 1.50 bits per heavy atom. The topological polar surface area (TPSA) is 26.0 Å². The van der Waals surface area contributed by atoms with Crippen molar-refractivity contribution < 1.29 is 21.1 Å². The molecule has 0 aliphatic rings. The molecule has 0 bridgehead atoms. The van der Waals surface area contributed by atoms with E-state index in [0.29, 0.717) is 0 Å². The Morgan fingerprint density at radius 3 is 1.75 bits per heavy atom. The molecule has 0 unspecified atom stereocenters. The van der Waals surface area contributed by atoms with Gasteiger partial charge >= 0.3 is 0 Å². The Kier molecular flexibility index (Phi) is 3.54. The van der Waals surface area contributed by atoms with Gasteiger partial charge in [0.1, 0.15) is 0 Å². The van der Waals surface area contributed by atoms with Crippen LogP contribution in [-0.2, 0) is 21.1 Å². The zero-order chi connectivity index (χ0) is 5.11. The van der Waals surface area contributed by atoms with Crippen molar-refractivity contribution in [3.63, 3.8) is 0 Å². The summed E-state index contributed by atoms with van der Waals surface area (Å²) in [4.78, 5) is 0. The number of anilines is 1. The van der Waals surface area contributed by atoms with Crippen LogP contribution in [0.2, 0.25) is 0 Å². The molecule has 0 saturated carbocycles. The largest absolute Gasteiger partial charge is 0.399 e. The van der Waals surface area contributed by atoms with Gasteiger partial charge in [-0.2, -0.15) is 0 Å². The first-order valence-corrected chi connectivity index (χ1v) is 2.20. The second-order valence-corrected chi connectivity index (χ2v) is 1.41. The minimum Gasteiger partial charge on any atom is -0.399 e. The van der Waals surface area contributed by atoms with E-state index in [1.165, 1.54) is 0 Å². The number of nitrogen functional groups attached to an aromatic ring is 1. The molecule has 0 spiro atoms. The maximum Gasteiger partial charge on any atom is 0.0313 e. The van der Waals surface area contributed by atoms with E-state index < -0.39 is 0 Å². The number of nitrogens with two attached hydrogens (primary N) is 1. The number of hydrogen-bond donors (Lipinski definition) is 1.